The minimum atomic E-state index is 0.101. The first-order valence-electron chi connectivity index (χ1n) is 6.66. The van der Waals surface area contributed by atoms with Crippen molar-refractivity contribution in [3.05, 3.63) is 34.2 Å². The number of nitrogens with one attached hydrogen (secondary N) is 1. The molecule has 1 aliphatic rings. The molecule has 3 rings (SSSR count). The number of rotatable bonds is 4. The minimum absolute atomic E-state index is 0.101. The molecule has 1 saturated carbocycles. The predicted molar refractivity (Wildman–Crippen MR) is 80.7 cm³/mol. The van der Waals surface area contributed by atoms with Crippen molar-refractivity contribution >= 4 is 39.4 Å². The van der Waals surface area contributed by atoms with Crippen LogP contribution in [0.2, 0.25) is 5.02 Å². The van der Waals surface area contributed by atoms with Gasteiger partial charge in [-0.25, -0.2) is 0 Å². The zero-order chi connectivity index (χ0) is 13.2. The summed E-state index contributed by atoms with van der Waals surface area (Å²) >= 11 is 8.04. The van der Waals surface area contributed by atoms with Gasteiger partial charge in [0.2, 0.25) is 6.41 Å². The molecule has 1 aromatic carbocycles. The van der Waals surface area contributed by atoms with E-state index in [0.29, 0.717) is 5.92 Å². The van der Waals surface area contributed by atoms with Crippen LogP contribution < -0.4 is 5.32 Å². The number of benzene rings is 1. The monoisotopic (exact) mass is 293 g/mol. The van der Waals surface area contributed by atoms with E-state index in [0.717, 1.165) is 22.4 Å². The summed E-state index contributed by atoms with van der Waals surface area (Å²) in [7, 11) is 0. The molecule has 0 aliphatic heterocycles. The number of amides is 1. The molecule has 2 aromatic rings. The summed E-state index contributed by atoms with van der Waals surface area (Å²) < 4.78 is 1.19. The smallest absolute Gasteiger partial charge is 0.207 e. The quantitative estimate of drug-likeness (QED) is 0.824. The minimum Gasteiger partial charge on any atom is -0.352 e. The van der Waals surface area contributed by atoms with Crippen LogP contribution in [-0.4, -0.2) is 6.41 Å². The van der Waals surface area contributed by atoms with Gasteiger partial charge in [-0.3, -0.25) is 4.79 Å². The molecule has 1 aromatic heterocycles. The van der Waals surface area contributed by atoms with Gasteiger partial charge in [-0.2, -0.15) is 0 Å². The maximum absolute atomic E-state index is 10.9. The summed E-state index contributed by atoms with van der Waals surface area (Å²) in [4.78, 5) is 10.9. The molecular weight excluding hydrogens is 278 g/mol. The van der Waals surface area contributed by atoms with Gasteiger partial charge < -0.3 is 5.32 Å². The number of carbonyl (C=O) groups is 1. The highest BCUT2D eigenvalue weighted by Crippen LogP contribution is 2.38. The van der Waals surface area contributed by atoms with Crippen molar-refractivity contribution in [2.45, 2.75) is 31.7 Å². The van der Waals surface area contributed by atoms with Gasteiger partial charge in [0, 0.05) is 15.1 Å². The van der Waals surface area contributed by atoms with E-state index < -0.39 is 0 Å². The molecule has 2 nitrogen and oxygen atoms in total. The molecule has 0 saturated heterocycles. The molecule has 1 heterocycles. The number of halogens is 1. The highest BCUT2D eigenvalue weighted by Gasteiger charge is 2.26. The number of thiophene rings is 1. The third-order valence-corrected chi connectivity index (χ3v) is 5.20. The van der Waals surface area contributed by atoms with Crippen molar-refractivity contribution in [2.75, 3.05) is 0 Å². The normalized spacial score (nSPS) is 17.7. The lowest BCUT2D eigenvalue weighted by Crippen LogP contribution is -2.25. The van der Waals surface area contributed by atoms with Crippen LogP contribution in [0.15, 0.2) is 23.6 Å². The molecule has 1 atom stereocenters. The molecule has 1 fully saturated rings. The summed E-state index contributed by atoms with van der Waals surface area (Å²) in [5.41, 5.74) is 1.14. The van der Waals surface area contributed by atoms with E-state index in [4.69, 9.17) is 11.6 Å². The molecule has 1 aliphatic carbocycles. The highest BCUT2D eigenvalue weighted by molar-refractivity contribution is 7.17. The first kappa shape index (κ1) is 12.9. The Bertz CT molecular complexity index is 589. The molecule has 4 heteroatoms. The van der Waals surface area contributed by atoms with Gasteiger partial charge in [-0.1, -0.05) is 24.4 Å². The second kappa shape index (κ2) is 5.51. The molecule has 0 radical (unpaired) electrons. The van der Waals surface area contributed by atoms with Crippen LogP contribution in [0.1, 0.15) is 37.3 Å². The zero-order valence-corrected chi connectivity index (χ0v) is 12.1. The van der Waals surface area contributed by atoms with Crippen molar-refractivity contribution in [3.63, 3.8) is 0 Å². The Kier molecular flexibility index (Phi) is 3.76. The first-order valence-corrected chi connectivity index (χ1v) is 7.91. The van der Waals surface area contributed by atoms with E-state index in [-0.39, 0.29) is 6.04 Å². The van der Waals surface area contributed by atoms with Gasteiger partial charge >= 0.3 is 0 Å². The van der Waals surface area contributed by atoms with Crippen molar-refractivity contribution in [1.82, 2.24) is 5.32 Å². The van der Waals surface area contributed by atoms with Gasteiger partial charge in [-0.15, -0.1) is 11.3 Å². The molecule has 100 valence electrons. The van der Waals surface area contributed by atoms with Crippen LogP contribution in [-0.2, 0) is 4.79 Å². The van der Waals surface area contributed by atoms with Crippen molar-refractivity contribution in [2.24, 2.45) is 5.92 Å². The fraction of sp³-hybridized carbons (Fsp3) is 0.400. The van der Waals surface area contributed by atoms with Gasteiger partial charge in [-0.05, 0) is 47.9 Å². The van der Waals surface area contributed by atoms with E-state index in [1.54, 1.807) is 11.3 Å². The SMILES string of the molecule is O=CNC(c1cc(Cl)c2ccsc2c1)C1CCCC1. The van der Waals surface area contributed by atoms with Crippen LogP contribution in [0, 0.1) is 5.92 Å². The molecule has 1 amide bonds. The van der Waals surface area contributed by atoms with E-state index in [1.165, 1.54) is 30.4 Å². The summed E-state index contributed by atoms with van der Waals surface area (Å²) in [6, 6.07) is 6.33. The Labute approximate surface area is 121 Å². The third kappa shape index (κ3) is 2.49. The summed E-state index contributed by atoms with van der Waals surface area (Å²) in [6.45, 7) is 0. The Morgan fingerprint density at radius 1 is 1.37 bits per heavy atom. The second-order valence-corrected chi connectivity index (χ2v) is 6.50. The highest BCUT2D eigenvalue weighted by atomic mass is 35.5. The van der Waals surface area contributed by atoms with Crippen LogP contribution in [0.4, 0.5) is 0 Å². The van der Waals surface area contributed by atoms with Gasteiger partial charge in [0.25, 0.3) is 0 Å². The number of fused-ring (bicyclic) bond motifs is 1. The van der Waals surface area contributed by atoms with E-state index in [1.807, 2.05) is 12.1 Å². The fourth-order valence-corrected chi connectivity index (χ4v) is 4.30. The fourth-order valence-electron chi connectivity index (χ4n) is 3.10. The van der Waals surface area contributed by atoms with Crippen molar-refractivity contribution in [3.8, 4) is 0 Å². The molecule has 1 N–H and O–H groups in total. The van der Waals surface area contributed by atoms with Gasteiger partial charge in [0.05, 0.1) is 6.04 Å². The number of carbonyl (C=O) groups excluding carboxylic acids is 1. The Balaban J connectivity index is 2.00. The average Bonchev–Trinajstić information content (AvgIpc) is 3.06. The van der Waals surface area contributed by atoms with Crippen LogP contribution in [0.25, 0.3) is 10.1 Å². The Morgan fingerprint density at radius 3 is 2.89 bits per heavy atom. The van der Waals surface area contributed by atoms with Crippen LogP contribution >= 0.6 is 22.9 Å². The number of hydrogen-bond donors (Lipinski definition) is 1. The van der Waals surface area contributed by atoms with E-state index in [2.05, 4.69) is 16.8 Å². The van der Waals surface area contributed by atoms with Gasteiger partial charge in [0.1, 0.15) is 0 Å². The second-order valence-electron chi connectivity index (χ2n) is 5.14. The van der Waals surface area contributed by atoms with Crippen LogP contribution in [0.5, 0.6) is 0 Å². The predicted octanol–water partition coefficient (Wildman–Crippen LogP) is 4.53. The summed E-state index contributed by atoms with van der Waals surface area (Å²) in [5.74, 6) is 0.540. The lowest BCUT2D eigenvalue weighted by atomic mass is 9.91. The topological polar surface area (TPSA) is 29.1 Å². The van der Waals surface area contributed by atoms with Crippen molar-refractivity contribution in [1.29, 1.82) is 0 Å². The summed E-state index contributed by atoms with van der Waals surface area (Å²) in [5, 5.41) is 6.93. The number of hydrogen-bond acceptors (Lipinski definition) is 2. The lowest BCUT2D eigenvalue weighted by Gasteiger charge is -2.23. The molecule has 19 heavy (non-hydrogen) atoms. The maximum atomic E-state index is 10.9. The molecule has 0 spiro atoms. The van der Waals surface area contributed by atoms with Gasteiger partial charge in [0.15, 0.2) is 0 Å². The van der Waals surface area contributed by atoms with E-state index in [9.17, 15) is 4.79 Å². The van der Waals surface area contributed by atoms with Crippen molar-refractivity contribution < 1.29 is 4.79 Å². The lowest BCUT2D eigenvalue weighted by molar-refractivity contribution is -0.110. The Hall–Kier alpha value is -1.06. The standard InChI is InChI=1S/C15H16ClNOS/c16-13-7-11(8-14-12(13)5-6-19-14)15(17-9-18)10-3-1-2-4-10/h5-10,15H,1-4H2,(H,17,18). The van der Waals surface area contributed by atoms with E-state index >= 15 is 0 Å². The largest absolute Gasteiger partial charge is 0.352 e. The molecule has 0 bridgehead atoms. The van der Waals surface area contributed by atoms with Crippen LogP contribution in [0.3, 0.4) is 0 Å². The summed E-state index contributed by atoms with van der Waals surface area (Å²) in [6.07, 6.45) is 5.71. The molecule has 1 unspecified atom stereocenters. The first-order chi connectivity index (χ1) is 9.29. The Morgan fingerprint density at radius 2 is 2.16 bits per heavy atom. The maximum Gasteiger partial charge on any atom is 0.207 e. The third-order valence-electron chi connectivity index (χ3n) is 4.02. The molecular formula is C15H16ClNOS. The zero-order valence-electron chi connectivity index (χ0n) is 10.6. The average molecular weight is 294 g/mol.